The van der Waals surface area contributed by atoms with Crippen LogP contribution < -0.4 is 10.6 Å². The van der Waals surface area contributed by atoms with Crippen molar-refractivity contribution in [2.75, 3.05) is 50.5 Å². The topological polar surface area (TPSA) is 83.6 Å². The van der Waals surface area contributed by atoms with E-state index in [2.05, 4.69) is 52.8 Å². The minimum atomic E-state index is -0.155. The third-order valence-corrected chi connectivity index (χ3v) is 9.99. The molecule has 226 valence electrons. The van der Waals surface area contributed by atoms with E-state index >= 15 is 0 Å². The third kappa shape index (κ3) is 7.21. The fraction of sp³-hybridized carbons (Fsp3) is 0.559. The zero-order valence-electron chi connectivity index (χ0n) is 25.9. The predicted molar refractivity (Wildman–Crippen MR) is 168 cm³/mol. The summed E-state index contributed by atoms with van der Waals surface area (Å²) in [6.45, 7) is 10.0. The number of amides is 2. The predicted octanol–water partition coefficient (Wildman–Crippen LogP) is 5.85. The molecule has 2 amide bonds. The molecule has 3 aliphatic heterocycles. The zero-order valence-corrected chi connectivity index (χ0v) is 25.9. The number of hydrogen-bond acceptors (Lipinski definition) is 5. The number of likely N-dealkylation sites (N-methyl/N-ethyl adjacent to an activating group) is 1. The highest BCUT2D eigenvalue weighted by atomic mass is 16.5. The van der Waals surface area contributed by atoms with E-state index in [1.807, 2.05) is 26.2 Å². The molecule has 1 aromatic rings. The lowest BCUT2D eigenvalue weighted by Crippen LogP contribution is -2.47. The highest BCUT2D eigenvalue weighted by Gasteiger charge is 2.39. The second-order valence-electron chi connectivity index (χ2n) is 13.0. The van der Waals surface area contributed by atoms with Gasteiger partial charge in [-0.2, -0.15) is 0 Å². The fourth-order valence-corrected chi connectivity index (χ4v) is 6.51. The van der Waals surface area contributed by atoms with E-state index in [4.69, 9.17) is 4.74 Å². The Morgan fingerprint density at radius 2 is 1.98 bits per heavy atom. The van der Waals surface area contributed by atoms with E-state index in [-0.39, 0.29) is 11.8 Å². The Kier molecular flexibility index (Phi) is 9.33. The van der Waals surface area contributed by atoms with E-state index < -0.39 is 0 Å². The van der Waals surface area contributed by atoms with Crippen molar-refractivity contribution >= 4 is 23.2 Å². The summed E-state index contributed by atoms with van der Waals surface area (Å²) in [7, 11) is 2.23. The van der Waals surface area contributed by atoms with Crippen molar-refractivity contribution in [3.8, 4) is 0 Å². The maximum absolute atomic E-state index is 13.0. The zero-order chi connectivity index (χ0) is 29.7. The van der Waals surface area contributed by atoms with Crippen LogP contribution in [0.2, 0.25) is 0 Å². The number of aromatic nitrogens is 1. The van der Waals surface area contributed by atoms with Crippen molar-refractivity contribution in [2.24, 2.45) is 5.41 Å². The number of quaternary nitrogens is 1. The molecule has 2 unspecified atom stereocenters. The molecule has 0 aromatic carbocycles. The van der Waals surface area contributed by atoms with Crippen molar-refractivity contribution in [1.82, 2.24) is 9.88 Å². The van der Waals surface area contributed by atoms with Gasteiger partial charge >= 0.3 is 0 Å². The maximum atomic E-state index is 13.0. The number of aryl methyl sites for hydroxylation is 1. The van der Waals surface area contributed by atoms with Gasteiger partial charge in [-0.3, -0.25) is 24.0 Å². The summed E-state index contributed by atoms with van der Waals surface area (Å²) in [6.07, 6.45) is 21.8. The highest BCUT2D eigenvalue weighted by molar-refractivity contribution is 6.04. The Morgan fingerprint density at radius 1 is 1.19 bits per heavy atom. The summed E-state index contributed by atoms with van der Waals surface area (Å²) < 4.78 is 6.32. The van der Waals surface area contributed by atoms with E-state index in [1.54, 1.807) is 12.3 Å². The van der Waals surface area contributed by atoms with E-state index in [0.29, 0.717) is 40.6 Å². The molecule has 2 atom stereocenters. The SMILES string of the molecule is CC(=CCC[N+]1(C)C=CC(C2=COCCC2)=CC1C)C(=O)Nc1cc(NC(=O)CN2CCC3(CCC3)CC2)cnc1C. The monoisotopic (exact) mass is 574 g/mol. The average Bonchev–Trinajstić information content (AvgIpc) is 2.96. The standard InChI is InChI=1S/C34H47N5O3/c1-25(8-5-17-39(4)18-10-28(20-26(39)2)29-9-6-19-42-24-29)33(41)37-31-21-30(22-35-27(31)3)36-32(40)23-38-15-13-34(14-16-38)11-7-12-34/h8,10,18,20-22,24,26H,5-7,9,11-17,19,23H2,1-4H3,(H-,36,37,40,41)/p+1. The Balaban J connectivity index is 1.10. The van der Waals surface area contributed by atoms with Gasteiger partial charge in [0, 0.05) is 12.0 Å². The Morgan fingerprint density at radius 3 is 2.64 bits per heavy atom. The lowest BCUT2D eigenvalue weighted by atomic mass is 9.63. The number of nitrogens with zero attached hydrogens (tertiary/aromatic N) is 3. The number of hydrogen-bond donors (Lipinski definition) is 2. The lowest BCUT2D eigenvalue weighted by Gasteiger charge is -2.47. The first-order valence-corrected chi connectivity index (χ1v) is 15.7. The van der Waals surface area contributed by atoms with E-state index in [9.17, 15) is 9.59 Å². The molecule has 1 aliphatic carbocycles. The molecule has 4 aliphatic rings. The molecule has 1 aromatic heterocycles. The van der Waals surface area contributed by atoms with Crippen molar-refractivity contribution in [3.63, 3.8) is 0 Å². The Labute approximate surface area is 251 Å². The van der Waals surface area contributed by atoms with Gasteiger partial charge in [0.15, 0.2) is 0 Å². The number of carbonyl (C=O) groups is 2. The third-order valence-electron chi connectivity index (χ3n) is 9.99. The van der Waals surface area contributed by atoms with E-state index in [0.717, 1.165) is 50.0 Å². The molecular formula is C34H48N5O3+. The van der Waals surface area contributed by atoms with Crippen molar-refractivity contribution < 1.29 is 18.8 Å². The molecule has 1 spiro atoms. The molecule has 4 heterocycles. The molecule has 0 bridgehead atoms. The molecular weight excluding hydrogens is 526 g/mol. The number of piperidine rings is 1. The van der Waals surface area contributed by atoms with Crippen molar-refractivity contribution in [3.05, 3.63) is 65.4 Å². The van der Waals surface area contributed by atoms with Gasteiger partial charge in [0.25, 0.3) is 5.91 Å². The van der Waals surface area contributed by atoms with Crippen LogP contribution in [0.15, 0.2) is 59.7 Å². The van der Waals surface area contributed by atoms with Crippen LogP contribution in [0, 0.1) is 12.3 Å². The number of likely N-dealkylation sites (tertiary alicyclic amines) is 1. The Hall–Kier alpha value is -3.23. The molecule has 2 fully saturated rings. The number of anilines is 2. The molecule has 5 rings (SSSR count). The number of allylic oxidation sites excluding steroid dienone is 3. The smallest absolute Gasteiger partial charge is 0.251 e. The van der Waals surface area contributed by atoms with Crippen LogP contribution in [0.3, 0.4) is 0 Å². The van der Waals surface area contributed by atoms with Crippen LogP contribution in [0.4, 0.5) is 11.4 Å². The van der Waals surface area contributed by atoms with Crippen LogP contribution in [-0.2, 0) is 14.3 Å². The van der Waals surface area contributed by atoms with Gasteiger partial charge in [-0.1, -0.05) is 12.5 Å². The highest BCUT2D eigenvalue weighted by Crippen LogP contribution is 2.48. The van der Waals surface area contributed by atoms with Crippen LogP contribution in [0.1, 0.15) is 70.9 Å². The molecule has 8 nitrogen and oxygen atoms in total. The first-order chi connectivity index (χ1) is 20.1. The maximum Gasteiger partial charge on any atom is 0.251 e. The minimum Gasteiger partial charge on any atom is -0.501 e. The van der Waals surface area contributed by atoms with Gasteiger partial charge in [-0.25, -0.2) is 0 Å². The first kappa shape index (κ1) is 30.2. The Bertz CT molecular complexity index is 1300. The summed E-state index contributed by atoms with van der Waals surface area (Å²) in [4.78, 5) is 32.5. The van der Waals surface area contributed by atoms with Gasteiger partial charge in [0.05, 0.1) is 62.5 Å². The van der Waals surface area contributed by atoms with Crippen LogP contribution in [-0.4, -0.2) is 72.1 Å². The summed E-state index contributed by atoms with van der Waals surface area (Å²) in [5.41, 5.74) is 5.70. The second kappa shape index (κ2) is 13.0. The minimum absolute atomic E-state index is 0.0399. The largest absolute Gasteiger partial charge is 0.501 e. The number of pyridine rings is 1. The first-order valence-electron chi connectivity index (χ1n) is 15.7. The average molecular weight is 575 g/mol. The molecule has 42 heavy (non-hydrogen) atoms. The fourth-order valence-electron chi connectivity index (χ4n) is 6.51. The molecule has 2 N–H and O–H groups in total. The van der Waals surface area contributed by atoms with Gasteiger partial charge in [0.2, 0.25) is 5.91 Å². The molecule has 1 saturated carbocycles. The van der Waals surface area contributed by atoms with E-state index in [1.165, 1.54) is 43.3 Å². The van der Waals surface area contributed by atoms with Gasteiger partial charge in [-0.15, -0.1) is 0 Å². The second-order valence-corrected chi connectivity index (χ2v) is 13.0. The van der Waals surface area contributed by atoms with Gasteiger partial charge in [0.1, 0.15) is 6.04 Å². The summed E-state index contributed by atoms with van der Waals surface area (Å²) in [6, 6.07) is 2.13. The van der Waals surface area contributed by atoms with Gasteiger partial charge in [-0.05, 0) is 107 Å². The number of rotatable bonds is 9. The van der Waals surface area contributed by atoms with Crippen molar-refractivity contribution in [1.29, 1.82) is 0 Å². The summed E-state index contributed by atoms with van der Waals surface area (Å²) in [5, 5.41) is 5.98. The van der Waals surface area contributed by atoms with Gasteiger partial charge < -0.3 is 15.4 Å². The number of ether oxygens (including phenoxy) is 1. The quantitative estimate of drug-likeness (QED) is 0.286. The number of nitrogens with one attached hydrogen (secondary N) is 2. The molecule has 0 radical (unpaired) electrons. The lowest BCUT2D eigenvalue weighted by molar-refractivity contribution is -0.876. The van der Waals surface area contributed by atoms with Crippen LogP contribution >= 0.6 is 0 Å². The number of carbonyl (C=O) groups excluding carboxylic acids is 2. The normalized spacial score (nSPS) is 25.6. The molecule has 8 heteroatoms. The molecule has 1 saturated heterocycles. The van der Waals surface area contributed by atoms with Crippen LogP contribution in [0.25, 0.3) is 0 Å². The summed E-state index contributed by atoms with van der Waals surface area (Å²) in [5.74, 6) is -0.195. The van der Waals surface area contributed by atoms with Crippen LogP contribution in [0.5, 0.6) is 0 Å². The summed E-state index contributed by atoms with van der Waals surface area (Å²) >= 11 is 0. The van der Waals surface area contributed by atoms with Crippen molar-refractivity contribution in [2.45, 2.75) is 78.2 Å².